The first-order valence-corrected chi connectivity index (χ1v) is 9.76. The van der Waals surface area contributed by atoms with Gasteiger partial charge in [0.15, 0.2) is 6.61 Å². The summed E-state index contributed by atoms with van der Waals surface area (Å²) >= 11 is 0. The maximum Gasteiger partial charge on any atom is 0.341 e. The summed E-state index contributed by atoms with van der Waals surface area (Å²) in [5, 5.41) is 6.26. The maximum atomic E-state index is 12.6. The van der Waals surface area contributed by atoms with Gasteiger partial charge in [-0.1, -0.05) is 17.3 Å². The van der Waals surface area contributed by atoms with E-state index in [0.717, 1.165) is 12.1 Å². The number of nitrogens with one attached hydrogen (secondary N) is 1. The quantitative estimate of drug-likeness (QED) is 0.621. The maximum absolute atomic E-state index is 12.6. The van der Waals surface area contributed by atoms with Crippen molar-refractivity contribution in [3.05, 3.63) is 65.8 Å². The van der Waals surface area contributed by atoms with E-state index in [1.165, 1.54) is 18.2 Å². The summed E-state index contributed by atoms with van der Waals surface area (Å²) in [6, 6.07) is 10.9. The SMILES string of the molecule is Cc1nc(COc2ccccc2C(=O)Nc2ccc(S(=O)(=O)C(F)F)cc2)no1. The average molecular weight is 423 g/mol. The van der Waals surface area contributed by atoms with E-state index in [4.69, 9.17) is 9.26 Å². The Bertz CT molecular complexity index is 1110. The molecule has 3 rings (SSSR count). The molecule has 0 radical (unpaired) electrons. The Morgan fingerprint density at radius 2 is 1.86 bits per heavy atom. The molecule has 1 N–H and O–H groups in total. The highest BCUT2D eigenvalue weighted by atomic mass is 32.2. The molecular weight excluding hydrogens is 408 g/mol. The number of anilines is 1. The molecule has 1 amide bonds. The van der Waals surface area contributed by atoms with Crippen LogP contribution in [0, 0.1) is 6.92 Å². The van der Waals surface area contributed by atoms with Gasteiger partial charge in [-0.05, 0) is 36.4 Å². The van der Waals surface area contributed by atoms with E-state index in [0.29, 0.717) is 11.7 Å². The number of sulfone groups is 1. The molecule has 11 heteroatoms. The third-order valence-corrected chi connectivity index (χ3v) is 5.13. The van der Waals surface area contributed by atoms with Crippen LogP contribution in [0.5, 0.6) is 5.75 Å². The fraction of sp³-hybridized carbons (Fsp3) is 0.167. The van der Waals surface area contributed by atoms with E-state index in [2.05, 4.69) is 15.5 Å². The van der Waals surface area contributed by atoms with E-state index >= 15 is 0 Å². The minimum absolute atomic E-state index is 0.0121. The second kappa shape index (κ2) is 8.35. The fourth-order valence-corrected chi connectivity index (χ4v) is 3.07. The molecule has 0 spiro atoms. The topological polar surface area (TPSA) is 111 Å². The van der Waals surface area contributed by atoms with Gasteiger partial charge >= 0.3 is 5.76 Å². The first kappa shape index (κ1) is 20.4. The fourth-order valence-electron chi connectivity index (χ4n) is 2.35. The van der Waals surface area contributed by atoms with Crippen LogP contribution in [0.4, 0.5) is 14.5 Å². The van der Waals surface area contributed by atoms with E-state index in [1.54, 1.807) is 25.1 Å². The second-order valence-corrected chi connectivity index (χ2v) is 7.72. The number of rotatable bonds is 7. The molecule has 0 bridgehead atoms. The normalized spacial score (nSPS) is 11.4. The molecular formula is C18H15F2N3O5S. The molecule has 152 valence electrons. The van der Waals surface area contributed by atoms with Gasteiger partial charge in [0.1, 0.15) is 5.75 Å². The van der Waals surface area contributed by atoms with Crippen LogP contribution < -0.4 is 10.1 Å². The Hall–Kier alpha value is -3.34. The molecule has 29 heavy (non-hydrogen) atoms. The zero-order valence-corrected chi connectivity index (χ0v) is 15.8. The highest BCUT2D eigenvalue weighted by Crippen LogP contribution is 2.23. The first-order valence-electron chi connectivity index (χ1n) is 8.22. The summed E-state index contributed by atoms with van der Waals surface area (Å²) in [7, 11) is -4.70. The third-order valence-electron chi connectivity index (χ3n) is 3.73. The van der Waals surface area contributed by atoms with Crippen molar-refractivity contribution in [1.29, 1.82) is 0 Å². The van der Waals surface area contributed by atoms with Gasteiger partial charge in [0.05, 0.1) is 10.5 Å². The number of hydrogen-bond acceptors (Lipinski definition) is 7. The average Bonchev–Trinajstić information content (AvgIpc) is 3.12. The van der Waals surface area contributed by atoms with Crippen molar-refractivity contribution in [1.82, 2.24) is 10.1 Å². The lowest BCUT2D eigenvalue weighted by molar-refractivity contribution is 0.102. The van der Waals surface area contributed by atoms with Gasteiger partial charge in [-0.3, -0.25) is 4.79 Å². The van der Waals surface area contributed by atoms with E-state index < -0.39 is 26.4 Å². The van der Waals surface area contributed by atoms with Gasteiger partial charge in [0, 0.05) is 12.6 Å². The molecule has 0 aliphatic rings. The van der Waals surface area contributed by atoms with Gasteiger partial charge in [0.25, 0.3) is 5.91 Å². The number of hydrogen-bond donors (Lipinski definition) is 1. The largest absolute Gasteiger partial charge is 0.485 e. The van der Waals surface area contributed by atoms with E-state index in [-0.39, 0.29) is 23.6 Å². The van der Waals surface area contributed by atoms with Crippen molar-refractivity contribution in [3.63, 3.8) is 0 Å². The molecule has 0 saturated heterocycles. The van der Waals surface area contributed by atoms with Crippen LogP contribution in [0.15, 0.2) is 57.9 Å². The Kier molecular flexibility index (Phi) is 5.87. The number of nitrogens with zero attached hydrogens (tertiary/aromatic N) is 2. The second-order valence-electron chi connectivity index (χ2n) is 5.80. The smallest absolute Gasteiger partial charge is 0.341 e. The molecule has 2 aromatic carbocycles. The predicted octanol–water partition coefficient (Wildman–Crippen LogP) is 3.21. The van der Waals surface area contributed by atoms with Crippen molar-refractivity contribution in [2.24, 2.45) is 0 Å². The van der Waals surface area contributed by atoms with Gasteiger partial charge in [-0.15, -0.1) is 0 Å². The number of benzene rings is 2. The predicted molar refractivity (Wildman–Crippen MR) is 97.4 cm³/mol. The molecule has 1 heterocycles. The molecule has 0 fully saturated rings. The summed E-state index contributed by atoms with van der Waals surface area (Å²) in [6.07, 6.45) is 0. The summed E-state index contributed by atoms with van der Waals surface area (Å²) in [5.41, 5.74) is 0.434. The highest BCUT2D eigenvalue weighted by Gasteiger charge is 2.26. The zero-order chi connectivity index (χ0) is 21.0. The summed E-state index contributed by atoms with van der Waals surface area (Å²) in [5.74, 6) is -3.09. The van der Waals surface area contributed by atoms with Crippen molar-refractivity contribution in [2.75, 3.05) is 5.32 Å². The number of alkyl halides is 2. The van der Waals surface area contributed by atoms with Crippen molar-refractivity contribution < 1.29 is 31.3 Å². The number of para-hydroxylation sites is 1. The van der Waals surface area contributed by atoms with Gasteiger partial charge in [-0.2, -0.15) is 13.8 Å². The van der Waals surface area contributed by atoms with Gasteiger partial charge in [0.2, 0.25) is 21.6 Å². The van der Waals surface area contributed by atoms with Crippen LogP contribution in [0.1, 0.15) is 22.1 Å². The molecule has 0 atom stereocenters. The number of aromatic nitrogens is 2. The van der Waals surface area contributed by atoms with Crippen LogP contribution in [-0.2, 0) is 16.4 Å². The summed E-state index contributed by atoms with van der Waals surface area (Å²) in [6.45, 7) is 1.62. The monoisotopic (exact) mass is 423 g/mol. The standard InChI is InChI=1S/C18H15F2N3O5S/c1-11-21-16(23-28-11)10-27-15-5-3-2-4-14(15)17(24)22-12-6-8-13(9-7-12)29(25,26)18(19)20/h2-9,18H,10H2,1H3,(H,22,24). The molecule has 0 saturated carbocycles. The van der Waals surface area contributed by atoms with Gasteiger partial charge in [-0.25, -0.2) is 8.42 Å². The Labute approximate surface area is 164 Å². The number of amides is 1. The van der Waals surface area contributed by atoms with Crippen LogP contribution in [0.3, 0.4) is 0 Å². The summed E-state index contributed by atoms with van der Waals surface area (Å²) < 4.78 is 58.5. The number of ether oxygens (including phenoxy) is 1. The molecule has 0 aliphatic carbocycles. The molecule has 8 nitrogen and oxygen atoms in total. The molecule has 0 aliphatic heterocycles. The first-order chi connectivity index (χ1) is 13.8. The van der Waals surface area contributed by atoms with Gasteiger partial charge < -0.3 is 14.6 Å². The van der Waals surface area contributed by atoms with Crippen LogP contribution in [-0.4, -0.2) is 30.2 Å². The van der Waals surface area contributed by atoms with E-state index in [9.17, 15) is 22.0 Å². The number of carbonyl (C=O) groups is 1. The van der Waals surface area contributed by atoms with Crippen LogP contribution in [0.2, 0.25) is 0 Å². The highest BCUT2D eigenvalue weighted by molar-refractivity contribution is 7.91. The Balaban J connectivity index is 1.72. The zero-order valence-electron chi connectivity index (χ0n) is 15.0. The lowest BCUT2D eigenvalue weighted by atomic mass is 10.2. The van der Waals surface area contributed by atoms with Crippen LogP contribution >= 0.6 is 0 Å². The number of halogens is 2. The van der Waals surface area contributed by atoms with Crippen molar-refractivity contribution >= 4 is 21.4 Å². The van der Waals surface area contributed by atoms with Crippen molar-refractivity contribution in [2.45, 2.75) is 24.2 Å². The molecule has 3 aromatic rings. The number of carbonyl (C=O) groups excluding carboxylic acids is 1. The summed E-state index contributed by atoms with van der Waals surface area (Å²) in [4.78, 5) is 16.0. The molecule has 1 aromatic heterocycles. The Morgan fingerprint density at radius 3 is 2.48 bits per heavy atom. The minimum atomic E-state index is -4.70. The minimum Gasteiger partial charge on any atom is -0.485 e. The third kappa shape index (κ3) is 4.74. The lowest BCUT2D eigenvalue weighted by Crippen LogP contribution is -2.14. The van der Waals surface area contributed by atoms with E-state index in [1.807, 2.05) is 0 Å². The number of aryl methyl sites for hydroxylation is 1. The lowest BCUT2D eigenvalue weighted by Gasteiger charge is -2.11. The molecule has 0 unspecified atom stereocenters. The van der Waals surface area contributed by atoms with Crippen molar-refractivity contribution in [3.8, 4) is 5.75 Å². The van der Waals surface area contributed by atoms with Crippen LogP contribution in [0.25, 0.3) is 0 Å². The Morgan fingerprint density at radius 1 is 1.17 bits per heavy atom.